The van der Waals surface area contributed by atoms with Crippen molar-refractivity contribution in [2.75, 3.05) is 6.54 Å². The summed E-state index contributed by atoms with van der Waals surface area (Å²) in [6.45, 7) is 5.76. The molecule has 6 nitrogen and oxygen atoms in total. The first kappa shape index (κ1) is 19.0. The number of rotatable bonds is 7. The van der Waals surface area contributed by atoms with Crippen molar-refractivity contribution in [3.8, 4) is 0 Å². The molecule has 0 aliphatic carbocycles. The minimum Gasteiger partial charge on any atom is -0.341 e. The number of nitrogens with zero attached hydrogens (tertiary/aromatic N) is 5. The van der Waals surface area contributed by atoms with Gasteiger partial charge in [-0.2, -0.15) is 0 Å². The van der Waals surface area contributed by atoms with Crippen LogP contribution in [0.15, 0.2) is 55.1 Å². The Hall–Kier alpha value is -2.96. The van der Waals surface area contributed by atoms with Gasteiger partial charge in [0.15, 0.2) is 10.8 Å². The van der Waals surface area contributed by atoms with Gasteiger partial charge in [0, 0.05) is 41.4 Å². The van der Waals surface area contributed by atoms with Crippen LogP contribution in [-0.4, -0.2) is 30.6 Å². The van der Waals surface area contributed by atoms with Crippen LogP contribution >= 0.6 is 11.6 Å². The van der Waals surface area contributed by atoms with Crippen molar-refractivity contribution in [3.63, 3.8) is 0 Å². The number of imidazole rings is 1. The number of hydrogen-bond acceptors (Lipinski definition) is 4. The lowest BCUT2D eigenvalue weighted by Crippen LogP contribution is -2.16. The summed E-state index contributed by atoms with van der Waals surface area (Å²) in [7, 11) is 0. The maximum atomic E-state index is 6.07. The normalized spacial score (nSPS) is 11.8. The molecule has 0 amide bonds. The standard InChI is InChI=1S/C23H23ClN6/c1-2-30-19-7-4-3-6-17(19)18-12-16(8-9-20(18)30)13-25-10-5-11-29-15-28-21-22(24)26-14-27-23(21)29/h3-4,6-9,12,14-15,25H,2,5,10-11,13H2,1H3. The highest BCUT2D eigenvalue weighted by Gasteiger charge is 2.10. The largest absolute Gasteiger partial charge is 0.341 e. The lowest BCUT2D eigenvalue weighted by molar-refractivity contribution is 0.587. The van der Waals surface area contributed by atoms with E-state index in [1.165, 1.54) is 33.7 Å². The lowest BCUT2D eigenvalue weighted by atomic mass is 10.1. The number of fused-ring (bicyclic) bond motifs is 4. The Morgan fingerprint density at radius 3 is 2.77 bits per heavy atom. The van der Waals surface area contributed by atoms with E-state index in [0.717, 1.165) is 38.2 Å². The molecular formula is C23H23ClN6. The van der Waals surface area contributed by atoms with Crippen molar-refractivity contribution in [1.29, 1.82) is 0 Å². The molecule has 0 saturated carbocycles. The van der Waals surface area contributed by atoms with E-state index >= 15 is 0 Å². The number of aromatic nitrogens is 5. The van der Waals surface area contributed by atoms with E-state index in [4.69, 9.17) is 11.6 Å². The van der Waals surface area contributed by atoms with Gasteiger partial charge in [0.05, 0.1) is 6.33 Å². The van der Waals surface area contributed by atoms with E-state index in [-0.39, 0.29) is 0 Å². The summed E-state index contributed by atoms with van der Waals surface area (Å²) >= 11 is 6.07. The van der Waals surface area contributed by atoms with Gasteiger partial charge in [-0.1, -0.05) is 35.9 Å². The van der Waals surface area contributed by atoms with Gasteiger partial charge in [-0.05, 0) is 43.7 Å². The molecule has 0 saturated heterocycles. The van der Waals surface area contributed by atoms with Gasteiger partial charge in [0.2, 0.25) is 0 Å². The van der Waals surface area contributed by atoms with Crippen LogP contribution in [0.1, 0.15) is 18.9 Å². The predicted octanol–water partition coefficient (Wildman–Crippen LogP) is 4.79. The lowest BCUT2D eigenvalue weighted by Gasteiger charge is -2.07. The molecule has 7 heteroatoms. The van der Waals surface area contributed by atoms with Gasteiger partial charge in [0.25, 0.3) is 0 Å². The Morgan fingerprint density at radius 2 is 1.87 bits per heavy atom. The first-order chi connectivity index (χ1) is 14.8. The number of halogens is 1. The van der Waals surface area contributed by atoms with E-state index in [2.05, 4.69) is 74.2 Å². The second-order valence-electron chi connectivity index (χ2n) is 7.42. The molecule has 0 fully saturated rings. The Morgan fingerprint density at radius 1 is 1.00 bits per heavy atom. The van der Waals surface area contributed by atoms with Crippen molar-refractivity contribution in [2.45, 2.75) is 33.0 Å². The summed E-state index contributed by atoms with van der Waals surface area (Å²) in [6.07, 6.45) is 4.24. The van der Waals surface area contributed by atoms with E-state index in [1.807, 2.05) is 4.57 Å². The Kier molecular flexibility index (Phi) is 5.11. The first-order valence-corrected chi connectivity index (χ1v) is 10.7. The molecule has 0 radical (unpaired) electrons. The van der Waals surface area contributed by atoms with Crippen LogP contribution in [-0.2, 0) is 19.6 Å². The molecular weight excluding hydrogens is 396 g/mol. The third-order valence-corrected chi connectivity index (χ3v) is 5.87. The van der Waals surface area contributed by atoms with Crippen LogP contribution in [0.4, 0.5) is 0 Å². The molecule has 3 aromatic heterocycles. The van der Waals surface area contributed by atoms with Crippen LogP contribution in [0.3, 0.4) is 0 Å². The van der Waals surface area contributed by atoms with E-state index in [1.54, 1.807) is 6.33 Å². The monoisotopic (exact) mass is 418 g/mol. The van der Waals surface area contributed by atoms with Crippen LogP contribution in [0.2, 0.25) is 5.15 Å². The van der Waals surface area contributed by atoms with Gasteiger partial charge in [-0.25, -0.2) is 15.0 Å². The number of benzene rings is 2. The van der Waals surface area contributed by atoms with E-state index in [0.29, 0.717) is 10.7 Å². The van der Waals surface area contributed by atoms with Crippen LogP contribution in [0.25, 0.3) is 33.0 Å². The van der Waals surface area contributed by atoms with Gasteiger partial charge in [-0.3, -0.25) is 0 Å². The fourth-order valence-electron chi connectivity index (χ4n) is 4.17. The van der Waals surface area contributed by atoms with Crippen LogP contribution < -0.4 is 5.32 Å². The number of nitrogens with one attached hydrogen (secondary N) is 1. The quantitative estimate of drug-likeness (QED) is 0.305. The van der Waals surface area contributed by atoms with E-state index in [9.17, 15) is 0 Å². The van der Waals surface area contributed by atoms with Crippen molar-refractivity contribution in [3.05, 3.63) is 65.8 Å². The molecule has 0 aliphatic heterocycles. The summed E-state index contributed by atoms with van der Waals surface area (Å²) in [4.78, 5) is 12.6. The molecule has 0 aliphatic rings. The van der Waals surface area contributed by atoms with Gasteiger partial charge in [0.1, 0.15) is 11.8 Å². The molecule has 2 aromatic carbocycles. The zero-order chi connectivity index (χ0) is 20.5. The Labute approximate surface area is 179 Å². The second-order valence-corrected chi connectivity index (χ2v) is 7.78. The number of aryl methyl sites for hydroxylation is 2. The summed E-state index contributed by atoms with van der Waals surface area (Å²) in [5, 5.41) is 6.61. The smallest absolute Gasteiger partial charge is 0.164 e. The van der Waals surface area contributed by atoms with Crippen molar-refractivity contribution >= 4 is 44.6 Å². The highest BCUT2D eigenvalue weighted by Crippen LogP contribution is 2.29. The molecule has 30 heavy (non-hydrogen) atoms. The first-order valence-electron chi connectivity index (χ1n) is 10.3. The molecule has 0 unspecified atom stereocenters. The zero-order valence-corrected chi connectivity index (χ0v) is 17.6. The average Bonchev–Trinajstić information content (AvgIpc) is 3.33. The molecule has 152 valence electrons. The van der Waals surface area contributed by atoms with Crippen molar-refractivity contribution in [1.82, 2.24) is 29.4 Å². The Balaban J connectivity index is 1.24. The fraction of sp³-hybridized carbons (Fsp3) is 0.261. The fourth-order valence-corrected chi connectivity index (χ4v) is 4.35. The predicted molar refractivity (Wildman–Crippen MR) is 122 cm³/mol. The molecule has 0 atom stereocenters. The maximum absolute atomic E-state index is 6.07. The topological polar surface area (TPSA) is 60.6 Å². The van der Waals surface area contributed by atoms with Crippen molar-refractivity contribution < 1.29 is 0 Å². The highest BCUT2D eigenvalue weighted by molar-refractivity contribution is 6.33. The summed E-state index contributed by atoms with van der Waals surface area (Å²) in [5.74, 6) is 0. The third-order valence-electron chi connectivity index (χ3n) is 5.59. The maximum Gasteiger partial charge on any atom is 0.164 e. The van der Waals surface area contributed by atoms with Crippen LogP contribution in [0, 0.1) is 0 Å². The highest BCUT2D eigenvalue weighted by atomic mass is 35.5. The zero-order valence-electron chi connectivity index (χ0n) is 16.8. The van der Waals surface area contributed by atoms with Gasteiger partial charge in [-0.15, -0.1) is 0 Å². The molecule has 0 spiro atoms. The number of hydrogen-bond donors (Lipinski definition) is 1. The Bertz CT molecular complexity index is 1340. The molecule has 1 N–H and O–H groups in total. The summed E-state index contributed by atoms with van der Waals surface area (Å²) in [6, 6.07) is 15.4. The minimum absolute atomic E-state index is 0.400. The third kappa shape index (κ3) is 3.32. The van der Waals surface area contributed by atoms with Crippen LogP contribution in [0.5, 0.6) is 0 Å². The molecule has 5 rings (SSSR count). The SMILES string of the molecule is CCn1c2ccccc2c2cc(CNCCCn3cnc4c(Cl)ncnc43)ccc21. The summed E-state index contributed by atoms with van der Waals surface area (Å²) in [5.41, 5.74) is 5.35. The second kappa shape index (κ2) is 8.05. The molecule has 0 bridgehead atoms. The van der Waals surface area contributed by atoms with Crippen molar-refractivity contribution in [2.24, 2.45) is 0 Å². The minimum atomic E-state index is 0.400. The molecule has 5 aromatic rings. The van der Waals surface area contributed by atoms with Gasteiger partial charge < -0.3 is 14.5 Å². The average molecular weight is 419 g/mol. The van der Waals surface area contributed by atoms with E-state index < -0.39 is 0 Å². The molecule has 3 heterocycles. The van der Waals surface area contributed by atoms with Gasteiger partial charge >= 0.3 is 0 Å². The number of para-hydroxylation sites is 1. The summed E-state index contributed by atoms with van der Waals surface area (Å²) < 4.78 is 4.41.